The first kappa shape index (κ1) is 13.9. The van der Waals surface area contributed by atoms with Crippen molar-refractivity contribution in [2.45, 2.75) is 44.9 Å². The van der Waals surface area contributed by atoms with Crippen LogP contribution in [-0.2, 0) is 14.3 Å². The van der Waals surface area contributed by atoms with Crippen molar-refractivity contribution >= 4 is 12.3 Å². The average Bonchev–Trinajstić information content (AvgIpc) is 2.26. The topological polar surface area (TPSA) is 43.4 Å². The van der Waals surface area contributed by atoms with Crippen LogP contribution in [0.4, 0.5) is 0 Å². The zero-order chi connectivity index (χ0) is 11.4. The average molecular weight is 212 g/mol. The summed E-state index contributed by atoms with van der Waals surface area (Å²) in [5.74, 6) is -0.197. The summed E-state index contributed by atoms with van der Waals surface area (Å²) >= 11 is 0. The van der Waals surface area contributed by atoms with Crippen molar-refractivity contribution in [3.8, 4) is 0 Å². The number of unbranched alkanes of at least 4 members (excludes halogenated alkanes) is 5. The molecule has 0 radical (unpaired) electrons. The smallest absolute Gasteiger partial charge is 0.309 e. The third-order valence-electron chi connectivity index (χ3n) is 2.12. The summed E-state index contributed by atoms with van der Waals surface area (Å²) in [6.07, 6.45) is 11.2. The molecule has 0 heterocycles. The van der Waals surface area contributed by atoms with Crippen LogP contribution in [0.25, 0.3) is 0 Å². The fourth-order valence-corrected chi connectivity index (χ4v) is 1.22. The summed E-state index contributed by atoms with van der Waals surface area (Å²) < 4.78 is 4.50. The van der Waals surface area contributed by atoms with Gasteiger partial charge in [0.2, 0.25) is 0 Å². The predicted molar refractivity (Wildman–Crippen MR) is 59.5 cm³/mol. The van der Waals surface area contributed by atoms with Crippen molar-refractivity contribution in [1.82, 2.24) is 0 Å². The molecule has 3 heteroatoms. The van der Waals surface area contributed by atoms with Gasteiger partial charge in [-0.2, -0.15) is 0 Å². The lowest BCUT2D eigenvalue weighted by Crippen LogP contribution is -1.96. The van der Waals surface area contributed by atoms with Gasteiger partial charge in [-0.3, -0.25) is 4.79 Å². The van der Waals surface area contributed by atoms with Crippen LogP contribution in [0.2, 0.25) is 0 Å². The molecule has 0 amide bonds. The number of esters is 1. The number of carbonyl (C=O) groups excluding carboxylic acids is 2. The van der Waals surface area contributed by atoms with Crippen LogP contribution in [0.3, 0.4) is 0 Å². The molecule has 0 rings (SSSR count). The van der Waals surface area contributed by atoms with Gasteiger partial charge in [0.05, 0.1) is 13.5 Å². The summed E-state index contributed by atoms with van der Waals surface area (Å²) in [6, 6.07) is 0. The van der Waals surface area contributed by atoms with E-state index in [2.05, 4.69) is 4.74 Å². The maximum absolute atomic E-state index is 10.7. The van der Waals surface area contributed by atoms with E-state index in [1.807, 2.05) is 12.2 Å². The number of hydrogen-bond donors (Lipinski definition) is 0. The normalized spacial score (nSPS) is 10.5. The first-order valence-electron chi connectivity index (χ1n) is 5.46. The van der Waals surface area contributed by atoms with E-state index >= 15 is 0 Å². The van der Waals surface area contributed by atoms with Crippen LogP contribution in [0.1, 0.15) is 44.9 Å². The lowest BCUT2D eigenvalue weighted by atomic mass is 10.1. The van der Waals surface area contributed by atoms with Crippen LogP contribution in [-0.4, -0.2) is 19.4 Å². The lowest BCUT2D eigenvalue weighted by Gasteiger charge is -1.96. The molecular formula is C12H20O3. The van der Waals surface area contributed by atoms with Crippen molar-refractivity contribution in [2.75, 3.05) is 7.11 Å². The second-order valence-electron chi connectivity index (χ2n) is 3.41. The summed E-state index contributed by atoms with van der Waals surface area (Å²) in [4.78, 5) is 20.7. The van der Waals surface area contributed by atoms with Crippen LogP contribution in [0, 0.1) is 0 Å². The van der Waals surface area contributed by atoms with Crippen molar-refractivity contribution in [3.05, 3.63) is 12.2 Å². The molecule has 0 fully saturated rings. The van der Waals surface area contributed by atoms with E-state index in [9.17, 15) is 9.59 Å². The first-order chi connectivity index (χ1) is 7.31. The minimum atomic E-state index is -0.197. The summed E-state index contributed by atoms with van der Waals surface area (Å²) in [7, 11) is 1.39. The Morgan fingerprint density at radius 3 is 2.33 bits per heavy atom. The molecule has 0 aromatic carbocycles. The molecule has 3 nitrogen and oxygen atoms in total. The first-order valence-corrected chi connectivity index (χ1v) is 5.46. The van der Waals surface area contributed by atoms with Crippen LogP contribution >= 0.6 is 0 Å². The van der Waals surface area contributed by atoms with Crippen molar-refractivity contribution in [1.29, 1.82) is 0 Å². The Balaban J connectivity index is 3.16. The van der Waals surface area contributed by atoms with Crippen molar-refractivity contribution in [3.63, 3.8) is 0 Å². The summed E-state index contributed by atoms with van der Waals surface area (Å²) in [6.45, 7) is 0. The van der Waals surface area contributed by atoms with Crippen molar-refractivity contribution < 1.29 is 14.3 Å². The molecule has 0 N–H and O–H groups in total. The molecular weight excluding hydrogens is 192 g/mol. The van der Waals surface area contributed by atoms with Gasteiger partial charge in [0.25, 0.3) is 0 Å². The van der Waals surface area contributed by atoms with E-state index in [0.717, 1.165) is 38.4 Å². The molecule has 0 spiro atoms. The van der Waals surface area contributed by atoms with Gasteiger partial charge in [0.1, 0.15) is 6.29 Å². The largest absolute Gasteiger partial charge is 0.469 e. The minimum Gasteiger partial charge on any atom is -0.469 e. The molecule has 0 saturated carbocycles. The van der Waals surface area contributed by atoms with Crippen LogP contribution in [0.5, 0.6) is 0 Å². The van der Waals surface area contributed by atoms with E-state index in [4.69, 9.17) is 0 Å². The fourth-order valence-electron chi connectivity index (χ4n) is 1.22. The van der Waals surface area contributed by atoms with E-state index < -0.39 is 0 Å². The van der Waals surface area contributed by atoms with E-state index in [0.29, 0.717) is 12.8 Å². The highest BCUT2D eigenvalue weighted by Gasteiger charge is 1.93. The number of methoxy groups -OCH3 is 1. The zero-order valence-corrected chi connectivity index (χ0v) is 9.41. The molecule has 0 saturated heterocycles. The fraction of sp³-hybridized carbons (Fsp3) is 0.667. The monoisotopic (exact) mass is 212 g/mol. The minimum absolute atomic E-state index is 0.197. The highest BCUT2D eigenvalue weighted by Crippen LogP contribution is 2.05. The van der Waals surface area contributed by atoms with Crippen molar-refractivity contribution in [2.24, 2.45) is 0 Å². The highest BCUT2D eigenvalue weighted by atomic mass is 16.5. The molecule has 0 aliphatic rings. The Bertz CT molecular complexity index is 197. The number of carbonyl (C=O) groups is 2. The number of aldehydes is 1. The number of allylic oxidation sites excluding steroid dienone is 1. The molecule has 0 aliphatic carbocycles. The Kier molecular flexibility index (Phi) is 10.1. The third kappa shape index (κ3) is 10.8. The predicted octanol–water partition coefficient (Wildman–Crippen LogP) is 2.65. The van der Waals surface area contributed by atoms with Gasteiger partial charge >= 0.3 is 5.97 Å². The second kappa shape index (κ2) is 11.0. The Hall–Kier alpha value is -1.12. The summed E-state index contributed by atoms with van der Waals surface area (Å²) in [5.41, 5.74) is 0. The van der Waals surface area contributed by atoms with Crippen LogP contribution < -0.4 is 0 Å². The molecule has 0 unspecified atom stereocenters. The van der Waals surface area contributed by atoms with Gasteiger partial charge in [0, 0.05) is 6.42 Å². The number of ether oxygens (including phenoxy) is 1. The van der Waals surface area contributed by atoms with Gasteiger partial charge < -0.3 is 9.53 Å². The van der Waals surface area contributed by atoms with Gasteiger partial charge in [0.15, 0.2) is 0 Å². The van der Waals surface area contributed by atoms with Gasteiger partial charge in [-0.15, -0.1) is 0 Å². The number of rotatable bonds is 9. The van der Waals surface area contributed by atoms with E-state index in [-0.39, 0.29) is 5.97 Å². The third-order valence-corrected chi connectivity index (χ3v) is 2.12. The molecule has 15 heavy (non-hydrogen) atoms. The molecule has 86 valence electrons. The maximum Gasteiger partial charge on any atom is 0.309 e. The van der Waals surface area contributed by atoms with E-state index in [1.54, 1.807) is 0 Å². The second-order valence-corrected chi connectivity index (χ2v) is 3.41. The highest BCUT2D eigenvalue weighted by molar-refractivity contribution is 5.70. The maximum atomic E-state index is 10.7. The molecule has 0 aliphatic heterocycles. The van der Waals surface area contributed by atoms with Gasteiger partial charge in [-0.05, 0) is 19.3 Å². The standard InChI is InChI=1S/C12H20O3/c1-15-12(14)10-8-6-4-2-3-5-7-9-11-13/h6,8,11H,2-5,7,9-10H2,1H3/b8-6-. The Morgan fingerprint density at radius 1 is 1.07 bits per heavy atom. The molecule has 0 aromatic rings. The van der Waals surface area contributed by atoms with Gasteiger partial charge in [-0.25, -0.2) is 0 Å². The lowest BCUT2D eigenvalue weighted by molar-refractivity contribution is -0.139. The van der Waals surface area contributed by atoms with Crippen LogP contribution in [0.15, 0.2) is 12.2 Å². The van der Waals surface area contributed by atoms with Gasteiger partial charge in [-0.1, -0.05) is 25.0 Å². The number of hydrogen-bond acceptors (Lipinski definition) is 3. The Morgan fingerprint density at radius 2 is 1.73 bits per heavy atom. The molecule has 0 bridgehead atoms. The SMILES string of the molecule is COC(=O)C/C=C\CCCCCCC=O. The quantitative estimate of drug-likeness (QED) is 0.255. The molecule has 0 atom stereocenters. The Labute approximate surface area is 91.5 Å². The zero-order valence-electron chi connectivity index (χ0n) is 9.41. The summed E-state index contributed by atoms with van der Waals surface area (Å²) in [5, 5.41) is 0. The molecule has 0 aromatic heterocycles. The van der Waals surface area contributed by atoms with E-state index in [1.165, 1.54) is 7.11 Å².